The molecule has 7 nitrogen and oxygen atoms in total. The number of ether oxygens (including phenoxy) is 2. The molecule has 3 unspecified atom stereocenters. The van der Waals surface area contributed by atoms with E-state index in [1.165, 1.54) is 7.11 Å². The van der Waals surface area contributed by atoms with Crippen LogP contribution < -0.4 is 0 Å². The number of amides is 1. The van der Waals surface area contributed by atoms with Crippen molar-refractivity contribution in [3.8, 4) is 0 Å². The Labute approximate surface area is 195 Å². The number of carbonyl (C=O) groups excluding carboxylic acids is 3. The predicted octanol–water partition coefficient (Wildman–Crippen LogP) is 3.50. The average molecular weight is 455 g/mol. The molecule has 1 fully saturated rings. The molecule has 7 heteroatoms. The molecule has 1 aromatic rings. The average Bonchev–Trinajstić information content (AvgIpc) is 3.13. The van der Waals surface area contributed by atoms with Gasteiger partial charge in [-0.05, 0) is 63.0 Å². The third-order valence-corrected chi connectivity index (χ3v) is 7.27. The second-order valence-corrected chi connectivity index (χ2v) is 9.05. The van der Waals surface area contributed by atoms with Crippen LogP contribution in [0, 0.1) is 5.92 Å². The van der Waals surface area contributed by atoms with Crippen LogP contribution in [-0.2, 0) is 19.1 Å². The number of rotatable bonds is 8. The Kier molecular flexibility index (Phi) is 7.17. The topological polar surface area (TPSA) is 76.2 Å². The number of hydrogen-bond acceptors (Lipinski definition) is 6. The maximum atomic E-state index is 13.6. The summed E-state index contributed by atoms with van der Waals surface area (Å²) in [5.41, 5.74) is 1.75. The minimum Gasteiger partial charge on any atom is -0.483 e. The molecular weight excluding hydrogens is 420 g/mol. The van der Waals surface area contributed by atoms with Gasteiger partial charge in [0.1, 0.15) is 6.10 Å². The molecule has 4 rings (SSSR count). The van der Waals surface area contributed by atoms with Gasteiger partial charge in [0.15, 0.2) is 11.5 Å². The normalized spacial score (nSPS) is 24.6. The summed E-state index contributed by atoms with van der Waals surface area (Å²) in [4.78, 5) is 43.1. The number of methoxy groups -OCH3 is 1. The third-order valence-electron chi connectivity index (χ3n) is 7.27. The molecule has 178 valence electrons. The quantitative estimate of drug-likeness (QED) is 0.560. The lowest BCUT2D eigenvalue weighted by Crippen LogP contribution is -2.39. The number of ketones is 1. The van der Waals surface area contributed by atoms with Crippen LogP contribution in [0.5, 0.6) is 0 Å². The van der Waals surface area contributed by atoms with E-state index in [2.05, 4.69) is 18.7 Å². The van der Waals surface area contributed by atoms with E-state index in [1.807, 2.05) is 12.1 Å². The van der Waals surface area contributed by atoms with Gasteiger partial charge in [-0.15, -0.1) is 0 Å². The van der Waals surface area contributed by atoms with Gasteiger partial charge in [-0.25, -0.2) is 4.79 Å². The molecule has 3 atom stereocenters. The summed E-state index contributed by atoms with van der Waals surface area (Å²) in [6.07, 6.45) is 4.29. The van der Waals surface area contributed by atoms with Crippen LogP contribution >= 0.6 is 0 Å². The Morgan fingerprint density at radius 3 is 2.48 bits per heavy atom. The summed E-state index contributed by atoms with van der Waals surface area (Å²) >= 11 is 0. The summed E-state index contributed by atoms with van der Waals surface area (Å²) in [5, 5.41) is 0. The maximum Gasteiger partial charge on any atom is 0.337 e. The Morgan fingerprint density at radius 2 is 1.82 bits per heavy atom. The molecule has 1 aromatic carbocycles. The fourth-order valence-corrected chi connectivity index (χ4v) is 5.39. The highest BCUT2D eigenvalue weighted by Gasteiger charge is 2.51. The van der Waals surface area contributed by atoms with E-state index in [0.29, 0.717) is 17.7 Å². The minimum atomic E-state index is -0.480. The smallest absolute Gasteiger partial charge is 0.337 e. The fraction of sp³-hybridized carbons (Fsp3) is 0.577. The van der Waals surface area contributed by atoms with Crippen LogP contribution in [0.2, 0.25) is 0 Å². The highest BCUT2D eigenvalue weighted by molar-refractivity contribution is 6.11. The summed E-state index contributed by atoms with van der Waals surface area (Å²) in [6.45, 7) is 7.60. The van der Waals surface area contributed by atoms with E-state index in [4.69, 9.17) is 9.47 Å². The molecular formula is C26H34N2O5. The van der Waals surface area contributed by atoms with Crippen LogP contribution in [0.3, 0.4) is 0 Å². The molecule has 0 N–H and O–H groups in total. The zero-order chi connectivity index (χ0) is 23.5. The lowest BCUT2D eigenvalue weighted by atomic mass is 9.77. The van der Waals surface area contributed by atoms with Gasteiger partial charge in [-0.2, -0.15) is 0 Å². The van der Waals surface area contributed by atoms with E-state index < -0.39 is 12.0 Å². The van der Waals surface area contributed by atoms with Crippen molar-refractivity contribution in [2.24, 2.45) is 5.92 Å². The highest BCUT2D eigenvalue weighted by Crippen LogP contribution is 2.46. The molecule has 33 heavy (non-hydrogen) atoms. The molecule has 0 bridgehead atoms. The molecule has 2 heterocycles. The van der Waals surface area contributed by atoms with Crippen LogP contribution in [0.1, 0.15) is 67.9 Å². The van der Waals surface area contributed by atoms with Crippen molar-refractivity contribution in [1.82, 2.24) is 9.80 Å². The predicted molar refractivity (Wildman–Crippen MR) is 124 cm³/mol. The van der Waals surface area contributed by atoms with Gasteiger partial charge in [-0.3, -0.25) is 9.59 Å². The van der Waals surface area contributed by atoms with Gasteiger partial charge < -0.3 is 19.3 Å². The van der Waals surface area contributed by atoms with Crippen molar-refractivity contribution in [2.45, 2.75) is 58.1 Å². The Hall–Kier alpha value is -2.67. The summed E-state index contributed by atoms with van der Waals surface area (Å²) in [5.74, 6) is -0.473. The van der Waals surface area contributed by atoms with Gasteiger partial charge in [0, 0.05) is 6.54 Å². The van der Waals surface area contributed by atoms with Gasteiger partial charge >= 0.3 is 5.97 Å². The van der Waals surface area contributed by atoms with Crippen molar-refractivity contribution in [3.63, 3.8) is 0 Å². The van der Waals surface area contributed by atoms with Crippen molar-refractivity contribution >= 4 is 17.7 Å². The van der Waals surface area contributed by atoms with Gasteiger partial charge in [0.2, 0.25) is 0 Å². The first kappa shape index (κ1) is 23.5. The van der Waals surface area contributed by atoms with Gasteiger partial charge in [0.25, 0.3) is 5.91 Å². The Morgan fingerprint density at radius 1 is 1.12 bits per heavy atom. The molecule has 1 amide bonds. The van der Waals surface area contributed by atoms with Crippen molar-refractivity contribution in [3.05, 3.63) is 46.7 Å². The zero-order valence-corrected chi connectivity index (χ0v) is 19.8. The Balaban J connectivity index is 1.66. The molecule has 3 aliphatic rings. The second kappa shape index (κ2) is 10.1. The molecule has 0 aromatic heterocycles. The van der Waals surface area contributed by atoms with Gasteiger partial charge in [0.05, 0.1) is 30.2 Å². The highest BCUT2D eigenvalue weighted by atomic mass is 16.5. The molecule has 1 saturated carbocycles. The number of benzene rings is 1. The van der Waals surface area contributed by atoms with E-state index in [-0.39, 0.29) is 29.5 Å². The monoisotopic (exact) mass is 454 g/mol. The van der Waals surface area contributed by atoms with Gasteiger partial charge in [-0.1, -0.05) is 32.4 Å². The summed E-state index contributed by atoms with van der Waals surface area (Å²) in [7, 11) is 1.35. The number of nitrogens with zero attached hydrogens (tertiary/aromatic N) is 2. The molecule has 0 saturated heterocycles. The lowest BCUT2D eigenvalue weighted by molar-refractivity contribution is -0.135. The molecule has 1 aliphatic carbocycles. The molecule has 2 aliphatic heterocycles. The number of hydrogen-bond donors (Lipinski definition) is 0. The number of Topliss-reactive ketones (excluding diaryl/α,β-unsaturated/α-hetero) is 1. The fourth-order valence-electron chi connectivity index (χ4n) is 5.39. The third kappa shape index (κ3) is 4.43. The van der Waals surface area contributed by atoms with E-state index >= 15 is 0 Å². The van der Waals surface area contributed by atoms with Crippen molar-refractivity contribution < 1.29 is 23.9 Å². The van der Waals surface area contributed by atoms with Crippen LogP contribution in [0.4, 0.5) is 0 Å². The SMILES string of the molecule is CCN(CC)CCCN1C(=O)C2=C(C(=O)C3CCCCC3O2)C1c1ccc(C(=O)OC)cc1. The minimum absolute atomic E-state index is 0.0580. The molecule has 0 radical (unpaired) electrons. The summed E-state index contributed by atoms with van der Waals surface area (Å²) < 4.78 is 11.0. The number of fused-ring (bicyclic) bond motifs is 1. The first-order valence-electron chi connectivity index (χ1n) is 12.2. The second-order valence-electron chi connectivity index (χ2n) is 9.05. The van der Waals surface area contributed by atoms with E-state index in [1.54, 1.807) is 17.0 Å². The number of carbonyl (C=O) groups is 3. The Bertz CT molecular complexity index is 935. The first-order chi connectivity index (χ1) is 16.0. The lowest BCUT2D eigenvalue weighted by Gasteiger charge is -2.35. The van der Waals surface area contributed by atoms with Crippen molar-refractivity contribution in [1.29, 1.82) is 0 Å². The molecule has 0 spiro atoms. The zero-order valence-electron chi connectivity index (χ0n) is 19.8. The largest absolute Gasteiger partial charge is 0.483 e. The van der Waals surface area contributed by atoms with Crippen LogP contribution in [-0.4, -0.2) is 66.9 Å². The van der Waals surface area contributed by atoms with Crippen molar-refractivity contribution in [2.75, 3.05) is 33.3 Å². The van der Waals surface area contributed by atoms with E-state index in [0.717, 1.165) is 57.3 Å². The first-order valence-corrected chi connectivity index (χ1v) is 12.2. The van der Waals surface area contributed by atoms with Crippen LogP contribution in [0.15, 0.2) is 35.6 Å². The van der Waals surface area contributed by atoms with Crippen LogP contribution in [0.25, 0.3) is 0 Å². The standard InChI is InChI=1S/C26H34N2O5/c1-4-27(5-2)15-8-16-28-22(17-11-13-18(14-12-17)26(31)32-3)21-23(29)19-9-6-7-10-20(19)33-24(21)25(28)30/h11-14,19-20,22H,4-10,15-16H2,1-3H3. The summed E-state index contributed by atoms with van der Waals surface area (Å²) in [6, 6.07) is 6.53. The van der Waals surface area contributed by atoms with E-state index in [9.17, 15) is 14.4 Å². The number of esters is 1. The maximum absolute atomic E-state index is 13.6.